The number of aromatic nitrogens is 1. The lowest BCUT2D eigenvalue weighted by Gasteiger charge is -2.06. The van der Waals surface area contributed by atoms with Crippen LogP contribution in [0.25, 0.3) is 10.2 Å². The Balaban J connectivity index is 1.89. The number of hydrogen-bond donors (Lipinski definition) is 2. The van der Waals surface area contributed by atoms with E-state index in [4.69, 9.17) is 21.8 Å². The molecule has 0 aliphatic carbocycles. The Kier molecular flexibility index (Phi) is 4.47. The molecule has 0 amide bonds. The van der Waals surface area contributed by atoms with Crippen LogP contribution in [-0.2, 0) is 13.0 Å². The van der Waals surface area contributed by atoms with E-state index in [0.29, 0.717) is 11.7 Å². The van der Waals surface area contributed by atoms with Gasteiger partial charge in [-0.2, -0.15) is 0 Å². The summed E-state index contributed by atoms with van der Waals surface area (Å²) in [5.41, 5.74) is 7.77. The largest absolute Gasteiger partial charge is 0.467 e. The van der Waals surface area contributed by atoms with Crippen molar-refractivity contribution in [1.82, 2.24) is 4.98 Å². The van der Waals surface area contributed by atoms with Gasteiger partial charge in [0.05, 0.1) is 28.7 Å². The van der Waals surface area contributed by atoms with Crippen molar-refractivity contribution in [1.29, 1.82) is 0 Å². The average Bonchev–Trinajstić information content (AvgIpc) is 3.13. The molecule has 3 heterocycles. The van der Waals surface area contributed by atoms with Crippen molar-refractivity contribution in [3.63, 3.8) is 0 Å². The smallest absolute Gasteiger partial charge is 0.131 e. The van der Waals surface area contributed by atoms with Crippen molar-refractivity contribution in [2.24, 2.45) is 5.73 Å². The molecule has 22 heavy (non-hydrogen) atoms. The van der Waals surface area contributed by atoms with E-state index < -0.39 is 0 Å². The van der Waals surface area contributed by atoms with Gasteiger partial charge in [-0.3, -0.25) is 0 Å². The van der Waals surface area contributed by atoms with Crippen LogP contribution in [0, 0.1) is 0 Å². The number of rotatable bonds is 6. The molecule has 0 saturated heterocycles. The summed E-state index contributed by atoms with van der Waals surface area (Å²) in [6, 6.07) is 7.61. The van der Waals surface area contributed by atoms with E-state index in [2.05, 4.69) is 16.9 Å². The highest BCUT2D eigenvalue weighted by atomic mass is 35.5. The highest BCUT2D eigenvalue weighted by molar-refractivity contribution is 7.19. The number of furan rings is 1. The summed E-state index contributed by atoms with van der Waals surface area (Å²) in [6.07, 6.45) is 4.16. The molecule has 1 atom stereocenters. The maximum Gasteiger partial charge on any atom is 0.131 e. The molecule has 0 radical (unpaired) electrons. The molecular formula is C16H16ClN3OS. The van der Waals surface area contributed by atoms with Gasteiger partial charge < -0.3 is 15.5 Å². The first-order valence-corrected chi connectivity index (χ1v) is 8.08. The van der Waals surface area contributed by atoms with Crippen molar-refractivity contribution in [3.05, 3.63) is 59.0 Å². The highest BCUT2D eigenvalue weighted by Gasteiger charge is 2.11. The molecular weight excluding hydrogens is 318 g/mol. The van der Waals surface area contributed by atoms with Gasteiger partial charge in [0.2, 0.25) is 0 Å². The van der Waals surface area contributed by atoms with Gasteiger partial charge >= 0.3 is 0 Å². The van der Waals surface area contributed by atoms with Crippen LogP contribution >= 0.6 is 22.9 Å². The SMILES string of the molecule is C=C[C@H](N)Cc1cc2nc(Cl)cc(NCc3ccco3)c2s1. The van der Waals surface area contributed by atoms with Crippen LogP contribution in [-0.4, -0.2) is 11.0 Å². The maximum atomic E-state index is 6.12. The second-order valence-electron chi connectivity index (χ2n) is 4.96. The van der Waals surface area contributed by atoms with E-state index >= 15 is 0 Å². The number of thiophene rings is 1. The number of pyridine rings is 1. The minimum Gasteiger partial charge on any atom is -0.467 e. The van der Waals surface area contributed by atoms with E-state index in [1.165, 1.54) is 4.88 Å². The van der Waals surface area contributed by atoms with Crippen molar-refractivity contribution in [3.8, 4) is 0 Å². The molecule has 0 fully saturated rings. The predicted octanol–water partition coefficient (Wildman–Crippen LogP) is 4.21. The third kappa shape index (κ3) is 3.32. The molecule has 4 nitrogen and oxygen atoms in total. The Hall–Kier alpha value is -1.82. The molecule has 0 spiro atoms. The fourth-order valence-corrected chi connectivity index (χ4v) is 3.54. The predicted molar refractivity (Wildman–Crippen MR) is 92.5 cm³/mol. The summed E-state index contributed by atoms with van der Waals surface area (Å²) < 4.78 is 6.41. The molecule has 0 aromatic carbocycles. The van der Waals surface area contributed by atoms with Gasteiger partial charge in [0.25, 0.3) is 0 Å². The summed E-state index contributed by atoms with van der Waals surface area (Å²) >= 11 is 7.79. The van der Waals surface area contributed by atoms with E-state index in [0.717, 1.165) is 28.1 Å². The zero-order valence-corrected chi connectivity index (χ0v) is 13.5. The zero-order valence-electron chi connectivity index (χ0n) is 11.9. The normalized spacial score (nSPS) is 12.5. The van der Waals surface area contributed by atoms with Gasteiger partial charge in [-0.15, -0.1) is 17.9 Å². The number of fused-ring (bicyclic) bond motifs is 1. The van der Waals surface area contributed by atoms with Crippen molar-refractivity contribution in [2.45, 2.75) is 19.0 Å². The van der Waals surface area contributed by atoms with E-state index in [-0.39, 0.29) is 6.04 Å². The van der Waals surface area contributed by atoms with E-state index in [9.17, 15) is 0 Å². The van der Waals surface area contributed by atoms with Crippen molar-refractivity contribution >= 4 is 38.8 Å². The summed E-state index contributed by atoms with van der Waals surface area (Å²) in [6.45, 7) is 4.32. The number of hydrogen-bond acceptors (Lipinski definition) is 5. The Morgan fingerprint density at radius 2 is 2.36 bits per heavy atom. The fraction of sp³-hybridized carbons (Fsp3) is 0.188. The van der Waals surface area contributed by atoms with Gasteiger partial charge in [0, 0.05) is 23.4 Å². The number of nitrogens with one attached hydrogen (secondary N) is 1. The van der Waals surface area contributed by atoms with Gasteiger partial charge in [0.15, 0.2) is 0 Å². The standard InChI is InChI=1S/C16H16ClN3OS/c1-2-10(18)6-12-7-14-16(22-12)13(8-15(17)20-14)19-9-11-4-3-5-21-11/h2-5,7-8,10H,1,6,9,18H2,(H,19,20)/t10-/m0/s1. The molecule has 3 rings (SSSR count). The lowest BCUT2D eigenvalue weighted by molar-refractivity contribution is 0.518. The van der Waals surface area contributed by atoms with Gasteiger partial charge in [-0.25, -0.2) is 4.98 Å². The molecule has 3 N–H and O–H groups in total. The number of nitrogens with two attached hydrogens (primary N) is 1. The molecule has 114 valence electrons. The third-order valence-corrected chi connectivity index (χ3v) is 4.65. The fourth-order valence-electron chi connectivity index (χ4n) is 2.18. The first-order chi connectivity index (χ1) is 10.7. The number of halogens is 1. The van der Waals surface area contributed by atoms with Crippen molar-refractivity contribution in [2.75, 3.05) is 5.32 Å². The van der Waals surface area contributed by atoms with Crippen molar-refractivity contribution < 1.29 is 4.42 Å². The van der Waals surface area contributed by atoms with Gasteiger partial charge in [-0.05, 0) is 18.2 Å². The molecule has 3 aromatic rings. The second kappa shape index (κ2) is 6.52. The van der Waals surface area contributed by atoms with Crippen LogP contribution in [0.3, 0.4) is 0 Å². The maximum absolute atomic E-state index is 6.12. The molecule has 0 saturated carbocycles. The van der Waals surface area contributed by atoms with Crippen LogP contribution in [0.4, 0.5) is 5.69 Å². The molecule has 6 heteroatoms. The van der Waals surface area contributed by atoms with Crippen LogP contribution in [0.1, 0.15) is 10.6 Å². The molecule has 0 aliphatic rings. The Morgan fingerprint density at radius 1 is 1.50 bits per heavy atom. The van der Waals surface area contributed by atoms with Crippen LogP contribution in [0.2, 0.25) is 5.15 Å². The Labute approximate surface area is 137 Å². The third-order valence-electron chi connectivity index (χ3n) is 3.27. The summed E-state index contributed by atoms with van der Waals surface area (Å²) in [4.78, 5) is 5.55. The van der Waals surface area contributed by atoms with E-state index in [1.54, 1.807) is 23.7 Å². The molecule has 0 unspecified atom stereocenters. The Bertz CT molecular complexity index is 782. The molecule has 3 aromatic heterocycles. The minimum absolute atomic E-state index is 0.0527. The quantitative estimate of drug-likeness (QED) is 0.524. The average molecular weight is 334 g/mol. The molecule has 0 aliphatic heterocycles. The second-order valence-corrected chi connectivity index (χ2v) is 6.48. The monoisotopic (exact) mass is 333 g/mol. The summed E-state index contributed by atoms with van der Waals surface area (Å²) in [7, 11) is 0. The van der Waals surface area contributed by atoms with E-state index in [1.807, 2.05) is 24.3 Å². The topological polar surface area (TPSA) is 64.1 Å². The first kappa shape index (κ1) is 15.1. The van der Waals surface area contributed by atoms with Gasteiger partial charge in [-0.1, -0.05) is 17.7 Å². The Morgan fingerprint density at radius 3 is 3.09 bits per heavy atom. The van der Waals surface area contributed by atoms with Crippen LogP contribution in [0.15, 0.2) is 47.6 Å². The van der Waals surface area contributed by atoms with Crippen LogP contribution < -0.4 is 11.1 Å². The molecule has 0 bridgehead atoms. The zero-order chi connectivity index (χ0) is 15.5. The summed E-state index contributed by atoms with van der Waals surface area (Å²) in [5, 5.41) is 3.82. The number of anilines is 1. The van der Waals surface area contributed by atoms with Gasteiger partial charge in [0.1, 0.15) is 10.9 Å². The highest BCUT2D eigenvalue weighted by Crippen LogP contribution is 2.33. The first-order valence-electron chi connectivity index (χ1n) is 6.89. The lowest BCUT2D eigenvalue weighted by Crippen LogP contribution is -2.18. The van der Waals surface area contributed by atoms with Crippen LogP contribution in [0.5, 0.6) is 0 Å². The summed E-state index contributed by atoms with van der Waals surface area (Å²) in [5.74, 6) is 0.867. The minimum atomic E-state index is -0.0527. The number of nitrogens with zero attached hydrogens (tertiary/aromatic N) is 1. The lowest BCUT2D eigenvalue weighted by atomic mass is 10.2.